The van der Waals surface area contributed by atoms with Gasteiger partial charge in [0, 0.05) is 24.6 Å². The van der Waals surface area contributed by atoms with Gasteiger partial charge in [0.1, 0.15) is 18.4 Å². The highest BCUT2D eigenvalue weighted by atomic mass is 32.2. The maximum absolute atomic E-state index is 15.1. The molecule has 1 aliphatic carbocycles. The first-order chi connectivity index (χ1) is 22.5. The number of hydrogen-bond acceptors (Lipinski definition) is 4. The maximum Gasteiger partial charge on any atom is 0.264 e. The van der Waals surface area contributed by atoms with Gasteiger partial charge in [-0.25, -0.2) is 12.8 Å². The lowest BCUT2D eigenvalue weighted by atomic mass is 10.0. The summed E-state index contributed by atoms with van der Waals surface area (Å²) < 4.78 is 44.8. The lowest BCUT2D eigenvalue weighted by molar-refractivity contribution is -0.140. The summed E-state index contributed by atoms with van der Waals surface area (Å²) in [5, 5.41) is 3.14. The molecule has 246 valence electrons. The Kier molecular flexibility index (Phi) is 10.8. The van der Waals surface area contributed by atoms with E-state index in [1.54, 1.807) is 42.5 Å². The first-order valence-electron chi connectivity index (χ1n) is 16.1. The van der Waals surface area contributed by atoms with Crippen LogP contribution in [0.4, 0.5) is 10.1 Å². The van der Waals surface area contributed by atoms with Crippen molar-refractivity contribution in [3.63, 3.8) is 0 Å². The number of carbonyl (C=O) groups excluding carboxylic acids is 2. The van der Waals surface area contributed by atoms with Crippen LogP contribution in [0.25, 0.3) is 0 Å². The van der Waals surface area contributed by atoms with Crippen molar-refractivity contribution in [2.75, 3.05) is 10.8 Å². The second-order valence-corrected chi connectivity index (χ2v) is 14.3. The molecule has 0 unspecified atom stereocenters. The number of hydrogen-bond donors (Lipinski definition) is 1. The van der Waals surface area contributed by atoms with E-state index in [0.29, 0.717) is 5.69 Å². The zero-order chi connectivity index (χ0) is 33.6. The second-order valence-electron chi connectivity index (χ2n) is 12.5. The highest BCUT2D eigenvalue weighted by molar-refractivity contribution is 7.92. The molecular weight excluding hydrogens is 614 g/mol. The monoisotopic (exact) mass is 655 g/mol. The summed E-state index contributed by atoms with van der Waals surface area (Å²) in [5.41, 5.74) is 3.94. The van der Waals surface area contributed by atoms with Crippen molar-refractivity contribution in [1.29, 1.82) is 0 Å². The Morgan fingerprint density at radius 1 is 0.830 bits per heavy atom. The van der Waals surface area contributed by atoms with E-state index in [0.717, 1.165) is 52.2 Å². The number of anilines is 1. The maximum atomic E-state index is 15.1. The molecule has 0 aliphatic heterocycles. The molecule has 0 bridgehead atoms. The second kappa shape index (κ2) is 14.9. The fourth-order valence-corrected chi connectivity index (χ4v) is 7.59. The van der Waals surface area contributed by atoms with Crippen molar-refractivity contribution in [3.05, 3.63) is 131 Å². The van der Waals surface area contributed by atoms with Crippen molar-refractivity contribution in [2.45, 2.75) is 76.4 Å². The number of sulfonamides is 1. The van der Waals surface area contributed by atoms with Gasteiger partial charge in [0.05, 0.1) is 10.6 Å². The van der Waals surface area contributed by atoms with Crippen molar-refractivity contribution in [3.8, 4) is 0 Å². The van der Waals surface area contributed by atoms with E-state index in [-0.39, 0.29) is 35.4 Å². The average Bonchev–Trinajstić information content (AvgIpc) is 3.55. The number of carbonyl (C=O) groups is 2. The Labute approximate surface area is 277 Å². The number of nitrogens with one attached hydrogen (secondary N) is 1. The molecule has 4 aromatic carbocycles. The topological polar surface area (TPSA) is 86.8 Å². The van der Waals surface area contributed by atoms with Gasteiger partial charge >= 0.3 is 0 Å². The van der Waals surface area contributed by atoms with Crippen molar-refractivity contribution < 1.29 is 22.4 Å². The van der Waals surface area contributed by atoms with Gasteiger partial charge in [-0.3, -0.25) is 13.9 Å². The fourth-order valence-electron chi connectivity index (χ4n) is 6.19. The van der Waals surface area contributed by atoms with Gasteiger partial charge in [-0.1, -0.05) is 85.1 Å². The number of nitrogens with zero attached hydrogens (tertiary/aromatic N) is 2. The number of aryl methyl sites for hydroxylation is 3. The minimum atomic E-state index is -4.23. The Hall–Kier alpha value is -4.50. The molecule has 5 rings (SSSR count). The quantitative estimate of drug-likeness (QED) is 0.185. The van der Waals surface area contributed by atoms with Crippen molar-refractivity contribution >= 4 is 27.5 Å². The zero-order valence-electron chi connectivity index (χ0n) is 27.2. The molecule has 1 atom stereocenters. The van der Waals surface area contributed by atoms with Gasteiger partial charge in [-0.2, -0.15) is 0 Å². The fraction of sp³-hybridized carbons (Fsp3) is 0.316. The highest BCUT2D eigenvalue weighted by Gasteiger charge is 2.36. The van der Waals surface area contributed by atoms with Gasteiger partial charge in [0.2, 0.25) is 11.8 Å². The highest BCUT2D eigenvalue weighted by Crippen LogP contribution is 2.28. The van der Waals surface area contributed by atoms with Gasteiger partial charge in [0.15, 0.2) is 0 Å². The Bertz CT molecular complexity index is 1790. The molecule has 1 saturated carbocycles. The predicted octanol–water partition coefficient (Wildman–Crippen LogP) is 6.65. The SMILES string of the molecule is Cc1ccc(S(=O)(=O)N(CC(=O)N(Cc2ccccc2F)[C@@H](Cc2ccccc2)C(=O)NC2CCCC2)c2cc(C)cc(C)c2)cc1. The van der Waals surface area contributed by atoms with Crippen molar-refractivity contribution in [1.82, 2.24) is 10.2 Å². The summed E-state index contributed by atoms with van der Waals surface area (Å²) >= 11 is 0. The molecule has 2 amide bonds. The van der Waals surface area contributed by atoms with E-state index < -0.39 is 34.3 Å². The van der Waals surface area contributed by atoms with E-state index in [1.807, 2.05) is 57.2 Å². The summed E-state index contributed by atoms with van der Waals surface area (Å²) in [4.78, 5) is 30.1. The third kappa shape index (κ3) is 8.46. The number of benzene rings is 4. The molecule has 1 N–H and O–H groups in total. The third-order valence-electron chi connectivity index (χ3n) is 8.65. The van der Waals surface area contributed by atoms with Gasteiger partial charge in [-0.05, 0) is 80.6 Å². The number of halogens is 1. The molecule has 9 heteroatoms. The Morgan fingerprint density at radius 3 is 2.09 bits per heavy atom. The molecule has 0 saturated heterocycles. The minimum absolute atomic E-state index is 0.0140. The number of amides is 2. The van der Waals surface area contributed by atoms with Crippen LogP contribution in [0.5, 0.6) is 0 Å². The van der Waals surface area contributed by atoms with Gasteiger partial charge < -0.3 is 10.2 Å². The average molecular weight is 656 g/mol. The molecule has 0 radical (unpaired) electrons. The summed E-state index contributed by atoms with van der Waals surface area (Å²) in [6.45, 7) is 4.79. The third-order valence-corrected chi connectivity index (χ3v) is 10.4. The van der Waals surface area contributed by atoms with E-state index in [4.69, 9.17) is 0 Å². The molecule has 0 aromatic heterocycles. The molecule has 4 aromatic rings. The molecule has 0 heterocycles. The van der Waals surface area contributed by atoms with Gasteiger partial charge in [-0.15, -0.1) is 0 Å². The van der Waals surface area contributed by atoms with Crippen LogP contribution in [0.3, 0.4) is 0 Å². The molecule has 0 spiro atoms. The van der Waals surface area contributed by atoms with Crippen LogP contribution >= 0.6 is 0 Å². The van der Waals surface area contributed by atoms with Crippen LogP contribution in [0.15, 0.2) is 102 Å². The standard InChI is InChI=1S/C38H42FN3O4S/c1-27-17-19-34(20-18-27)47(45,46)42(33-22-28(2)21-29(3)23-33)26-37(43)41(25-31-13-7-10-16-35(31)39)36(24-30-11-5-4-6-12-30)38(44)40-32-14-8-9-15-32/h4-7,10-13,16-23,32,36H,8-9,14-15,24-26H2,1-3H3,(H,40,44)/t36-/m0/s1. The molecule has 7 nitrogen and oxygen atoms in total. The van der Waals surface area contributed by atoms with E-state index in [1.165, 1.54) is 23.1 Å². The van der Waals surface area contributed by atoms with E-state index in [2.05, 4.69) is 5.32 Å². The molecular formula is C38H42FN3O4S. The van der Waals surface area contributed by atoms with Gasteiger partial charge in [0.25, 0.3) is 10.0 Å². The van der Waals surface area contributed by atoms with E-state index in [9.17, 15) is 18.0 Å². The van der Waals surface area contributed by atoms with Crippen LogP contribution in [0, 0.1) is 26.6 Å². The lowest BCUT2D eigenvalue weighted by Gasteiger charge is -2.34. The summed E-state index contributed by atoms with van der Waals surface area (Å²) in [5.74, 6) is -1.48. The normalized spacial score (nSPS) is 14.0. The zero-order valence-corrected chi connectivity index (χ0v) is 28.0. The molecule has 1 aliphatic rings. The largest absolute Gasteiger partial charge is 0.352 e. The number of rotatable bonds is 12. The van der Waals surface area contributed by atoms with Crippen molar-refractivity contribution in [2.24, 2.45) is 0 Å². The summed E-state index contributed by atoms with van der Waals surface area (Å²) in [6, 6.07) is 26.3. The summed E-state index contributed by atoms with van der Waals surface area (Å²) in [7, 11) is -4.23. The van der Waals surface area contributed by atoms with Crippen LogP contribution in [0.1, 0.15) is 53.5 Å². The Morgan fingerprint density at radius 2 is 1.45 bits per heavy atom. The summed E-state index contributed by atoms with van der Waals surface area (Å²) in [6.07, 6.45) is 3.89. The van der Waals surface area contributed by atoms with Crippen LogP contribution in [0.2, 0.25) is 0 Å². The first kappa shape index (κ1) is 33.9. The minimum Gasteiger partial charge on any atom is -0.352 e. The predicted molar refractivity (Wildman–Crippen MR) is 183 cm³/mol. The van der Waals surface area contributed by atoms with Crippen LogP contribution in [-0.2, 0) is 32.6 Å². The molecule has 47 heavy (non-hydrogen) atoms. The first-order valence-corrected chi connectivity index (χ1v) is 17.5. The van der Waals surface area contributed by atoms with Crippen LogP contribution < -0.4 is 9.62 Å². The lowest BCUT2D eigenvalue weighted by Crippen LogP contribution is -2.54. The van der Waals surface area contributed by atoms with E-state index >= 15 is 4.39 Å². The smallest absolute Gasteiger partial charge is 0.264 e. The van der Waals surface area contributed by atoms with Crippen LogP contribution in [-0.4, -0.2) is 43.8 Å². The Balaban J connectivity index is 1.59. The molecule has 1 fully saturated rings.